The maximum absolute atomic E-state index is 13.1. The van der Waals surface area contributed by atoms with Crippen molar-refractivity contribution in [1.29, 1.82) is 0 Å². The number of benzene rings is 1. The molecule has 0 spiro atoms. The van der Waals surface area contributed by atoms with Crippen molar-refractivity contribution in [1.82, 2.24) is 0 Å². The topological polar surface area (TPSA) is 17.1 Å². The van der Waals surface area contributed by atoms with Crippen molar-refractivity contribution in [3.05, 3.63) is 34.6 Å². The molecule has 0 amide bonds. The van der Waals surface area contributed by atoms with Crippen LogP contribution >= 0.6 is 11.6 Å². The molecule has 1 aromatic rings. The molecular weight excluding hydrogens is 227 g/mol. The molecule has 0 N–H and O–H groups in total. The summed E-state index contributed by atoms with van der Waals surface area (Å²) in [5, 5.41) is 0.0898. The van der Waals surface area contributed by atoms with Crippen LogP contribution in [0.15, 0.2) is 18.2 Å². The molecule has 0 aromatic heterocycles. The first-order valence-electron chi connectivity index (χ1n) is 5.23. The third kappa shape index (κ3) is 4.31. The molecule has 0 aliphatic carbocycles. The highest BCUT2D eigenvalue weighted by atomic mass is 35.5. The van der Waals surface area contributed by atoms with E-state index in [9.17, 15) is 9.18 Å². The number of rotatable bonds is 3. The Morgan fingerprint density at radius 3 is 2.50 bits per heavy atom. The highest BCUT2D eigenvalue weighted by molar-refractivity contribution is 6.30. The van der Waals surface area contributed by atoms with E-state index in [4.69, 9.17) is 11.6 Å². The van der Waals surface area contributed by atoms with E-state index < -0.39 is 5.82 Å². The van der Waals surface area contributed by atoms with Crippen LogP contribution in [0.25, 0.3) is 0 Å². The van der Waals surface area contributed by atoms with Gasteiger partial charge in [0.2, 0.25) is 0 Å². The van der Waals surface area contributed by atoms with Gasteiger partial charge in [0.1, 0.15) is 11.6 Å². The molecule has 0 fully saturated rings. The molecule has 0 saturated heterocycles. The first kappa shape index (κ1) is 13.2. The Bertz CT molecular complexity index is 393. The summed E-state index contributed by atoms with van der Waals surface area (Å²) in [5.41, 5.74) is 0.651. The normalized spacial score (nSPS) is 11.6. The summed E-state index contributed by atoms with van der Waals surface area (Å²) in [6.07, 6.45) is 0.766. The number of ketones is 1. The maximum atomic E-state index is 13.1. The molecule has 3 heteroatoms. The lowest BCUT2D eigenvalue weighted by Gasteiger charge is -2.16. The second-order valence-electron chi connectivity index (χ2n) is 5.20. The molecule has 88 valence electrons. The summed E-state index contributed by atoms with van der Waals surface area (Å²) in [7, 11) is 0. The van der Waals surface area contributed by atoms with Gasteiger partial charge in [0.15, 0.2) is 0 Å². The van der Waals surface area contributed by atoms with E-state index >= 15 is 0 Å². The van der Waals surface area contributed by atoms with Crippen LogP contribution in [0.1, 0.15) is 32.8 Å². The summed E-state index contributed by atoms with van der Waals surface area (Å²) in [6, 6.07) is 4.49. The lowest BCUT2D eigenvalue weighted by atomic mass is 9.88. The number of carbonyl (C=O) groups excluding carboxylic acids is 1. The number of hydrogen-bond donors (Lipinski definition) is 0. The number of Topliss-reactive ketones (excluding diaryl/α,β-unsaturated/α-hetero) is 1. The van der Waals surface area contributed by atoms with Crippen molar-refractivity contribution in [3.8, 4) is 0 Å². The van der Waals surface area contributed by atoms with Crippen LogP contribution in [0, 0.1) is 11.2 Å². The zero-order valence-electron chi connectivity index (χ0n) is 9.81. The van der Waals surface area contributed by atoms with Crippen LogP contribution in [0.4, 0.5) is 4.39 Å². The van der Waals surface area contributed by atoms with Crippen LogP contribution in [0.5, 0.6) is 0 Å². The Labute approximate surface area is 101 Å². The molecule has 0 unspecified atom stereocenters. The van der Waals surface area contributed by atoms with E-state index in [1.165, 1.54) is 12.1 Å². The number of carbonyl (C=O) groups is 1. The van der Waals surface area contributed by atoms with Gasteiger partial charge < -0.3 is 0 Å². The molecule has 0 bridgehead atoms. The molecule has 1 aromatic carbocycles. The first-order valence-corrected chi connectivity index (χ1v) is 5.61. The van der Waals surface area contributed by atoms with E-state index in [0.29, 0.717) is 12.0 Å². The quantitative estimate of drug-likeness (QED) is 0.782. The molecular formula is C13H16ClFO. The number of hydrogen-bond acceptors (Lipinski definition) is 1. The summed E-state index contributed by atoms with van der Waals surface area (Å²) in [5.74, 6) is -0.350. The molecule has 0 radical (unpaired) electrons. The fourth-order valence-electron chi connectivity index (χ4n) is 1.53. The largest absolute Gasteiger partial charge is 0.299 e. The summed E-state index contributed by atoms with van der Waals surface area (Å²) in [6.45, 7) is 6.02. The lowest BCUT2D eigenvalue weighted by molar-refractivity contribution is -0.120. The van der Waals surface area contributed by atoms with Crippen LogP contribution in [-0.2, 0) is 11.2 Å². The van der Waals surface area contributed by atoms with Crippen molar-refractivity contribution < 1.29 is 9.18 Å². The molecule has 16 heavy (non-hydrogen) atoms. The second kappa shape index (κ2) is 4.96. The molecule has 0 atom stereocenters. The van der Waals surface area contributed by atoms with Gasteiger partial charge in [-0.1, -0.05) is 38.4 Å². The SMILES string of the molecule is CC(C)(C)CC(=O)Cc1ccc(Cl)c(F)c1. The van der Waals surface area contributed by atoms with Crippen LogP contribution in [0.2, 0.25) is 5.02 Å². The van der Waals surface area contributed by atoms with Gasteiger partial charge in [-0.15, -0.1) is 0 Å². The minimum absolute atomic E-state index is 0.0257. The zero-order chi connectivity index (χ0) is 12.3. The fraction of sp³-hybridized carbons (Fsp3) is 0.462. The Morgan fingerprint density at radius 1 is 1.38 bits per heavy atom. The van der Waals surface area contributed by atoms with Crippen molar-refractivity contribution in [3.63, 3.8) is 0 Å². The number of halogens is 2. The van der Waals surface area contributed by atoms with Gasteiger partial charge in [-0.05, 0) is 23.1 Å². The second-order valence-corrected chi connectivity index (χ2v) is 5.61. The minimum atomic E-state index is -0.470. The van der Waals surface area contributed by atoms with Gasteiger partial charge in [-0.25, -0.2) is 4.39 Å². The van der Waals surface area contributed by atoms with Gasteiger partial charge in [0.25, 0.3) is 0 Å². The third-order valence-corrected chi connectivity index (χ3v) is 2.42. The van der Waals surface area contributed by atoms with Crippen molar-refractivity contribution >= 4 is 17.4 Å². The van der Waals surface area contributed by atoms with E-state index in [0.717, 1.165) is 0 Å². The fourth-order valence-corrected chi connectivity index (χ4v) is 1.65. The van der Waals surface area contributed by atoms with Crippen LogP contribution in [-0.4, -0.2) is 5.78 Å². The third-order valence-electron chi connectivity index (χ3n) is 2.11. The van der Waals surface area contributed by atoms with Gasteiger partial charge in [0.05, 0.1) is 5.02 Å². The Morgan fingerprint density at radius 2 is 2.00 bits per heavy atom. The predicted molar refractivity (Wildman–Crippen MR) is 64.2 cm³/mol. The maximum Gasteiger partial charge on any atom is 0.142 e. The van der Waals surface area contributed by atoms with E-state index in [2.05, 4.69) is 0 Å². The van der Waals surface area contributed by atoms with Crippen molar-refractivity contribution in [2.75, 3.05) is 0 Å². The van der Waals surface area contributed by atoms with Crippen molar-refractivity contribution in [2.24, 2.45) is 5.41 Å². The average molecular weight is 243 g/mol. The summed E-state index contributed by atoms with van der Waals surface area (Å²) >= 11 is 5.56. The predicted octanol–water partition coefficient (Wildman–Crippen LogP) is 4.03. The van der Waals surface area contributed by atoms with Gasteiger partial charge in [0, 0.05) is 12.8 Å². The summed E-state index contributed by atoms with van der Waals surface area (Å²) in [4.78, 5) is 11.7. The molecule has 0 saturated carbocycles. The average Bonchev–Trinajstić information content (AvgIpc) is 2.08. The molecule has 0 aliphatic rings. The lowest BCUT2D eigenvalue weighted by Crippen LogP contribution is -2.14. The molecule has 1 rings (SSSR count). The Hall–Kier alpha value is -0.890. The Balaban J connectivity index is 2.67. The summed E-state index contributed by atoms with van der Waals surface area (Å²) < 4.78 is 13.1. The van der Waals surface area contributed by atoms with E-state index in [-0.39, 0.29) is 22.6 Å². The van der Waals surface area contributed by atoms with Gasteiger partial charge >= 0.3 is 0 Å². The zero-order valence-corrected chi connectivity index (χ0v) is 10.6. The monoisotopic (exact) mass is 242 g/mol. The molecule has 0 heterocycles. The van der Waals surface area contributed by atoms with Gasteiger partial charge in [-0.2, -0.15) is 0 Å². The van der Waals surface area contributed by atoms with E-state index in [1.54, 1.807) is 6.07 Å². The first-order chi connectivity index (χ1) is 7.28. The van der Waals surface area contributed by atoms with Gasteiger partial charge in [-0.3, -0.25) is 4.79 Å². The van der Waals surface area contributed by atoms with Crippen LogP contribution in [0.3, 0.4) is 0 Å². The highest BCUT2D eigenvalue weighted by Crippen LogP contribution is 2.21. The standard InChI is InChI=1S/C13H16ClFO/c1-13(2,3)8-10(16)6-9-4-5-11(14)12(15)7-9/h4-5,7H,6,8H2,1-3H3. The Kier molecular flexibility index (Phi) is 4.09. The van der Waals surface area contributed by atoms with E-state index in [1.807, 2.05) is 20.8 Å². The molecule has 0 aliphatic heterocycles. The molecule has 1 nitrogen and oxygen atoms in total. The van der Waals surface area contributed by atoms with Crippen LogP contribution < -0.4 is 0 Å². The minimum Gasteiger partial charge on any atom is -0.299 e. The smallest absolute Gasteiger partial charge is 0.142 e. The highest BCUT2D eigenvalue weighted by Gasteiger charge is 2.16. The van der Waals surface area contributed by atoms with Crippen molar-refractivity contribution in [2.45, 2.75) is 33.6 Å².